The van der Waals surface area contributed by atoms with Crippen molar-refractivity contribution < 1.29 is 0 Å². The van der Waals surface area contributed by atoms with Crippen LogP contribution in [0.5, 0.6) is 0 Å². The summed E-state index contributed by atoms with van der Waals surface area (Å²) in [5.74, 6) is 0.889. The van der Waals surface area contributed by atoms with E-state index in [0.717, 1.165) is 17.1 Å². The quantitative estimate of drug-likeness (QED) is 0.790. The average Bonchev–Trinajstić information content (AvgIpc) is 2.34. The van der Waals surface area contributed by atoms with Crippen molar-refractivity contribution in [2.24, 2.45) is 0 Å². The van der Waals surface area contributed by atoms with E-state index in [9.17, 15) is 0 Å². The molecule has 0 unspecified atom stereocenters. The lowest BCUT2D eigenvalue weighted by atomic mass is 10.2. The van der Waals surface area contributed by atoms with Gasteiger partial charge in [0.25, 0.3) is 0 Å². The van der Waals surface area contributed by atoms with Gasteiger partial charge in [0.15, 0.2) is 0 Å². The molecule has 0 amide bonds. The van der Waals surface area contributed by atoms with Crippen molar-refractivity contribution in [1.29, 1.82) is 0 Å². The summed E-state index contributed by atoms with van der Waals surface area (Å²) in [6, 6.07) is 3.97. The third kappa shape index (κ3) is 5.89. The van der Waals surface area contributed by atoms with Gasteiger partial charge in [0.1, 0.15) is 5.82 Å². The minimum absolute atomic E-state index is 0.889. The number of rotatable bonds is 2. The third-order valence-electron chi connectivity index (χ3n) is 1.52. The number of hydrogen-bond acceptors (Lipinski definition) is 2. The van der Waals surface area contributed by atoms with Gasteiger partial charge in [0, 0.05) is 18.3 Å². The van der Waals surface area contributed by atoms with Gasteiger partial charge in [-0.2, -0.15) is 0 Å². The minimum atomic E-state index is 0.889. The van der Waals surface area contributed by atoms with Crippen LogP contribution in [0.25, 0.3) is 6.08 Å². The summed E-state index contributed by atoms with van der Waals surface area (Å²) in [5.41, 5.74) is 2.05. The third-order valence-corrected chi connectivity index (χ3v) is 1.52. The SMILES string of the molecule is C=Cc1ccc(C)nc1NC.CC.CC. The van der Waals surface area contributed by atoms with Crippen LogP contribution in [-0.2, 0) is 0 Å². The summed E-state index contributed by atoms with van der Waals surface area (Å²) in [5, 5.41) is 3.00. The van der Waals surface area contributed by atoms with Crippen molar-refractivity contribution in [3.63, 3.8) is 0 Å². The molecule has 0 radical (unpaired) electrons. The van der Waals surface area contributed by atoms with E-state index in [4.69, 9.17) is 0 Å². The maximum Gasteiger partial charge on any atom is 0.133 e. The van der Waals surface area contributed by atoms with Crippen LogP contribution in [0.2, 0.25) is 0 Å². The standard InChI is InChI=1S/C9H12N2.2C2H6/c1-4-8-6-5-7(2)11-9(8)10-3;2*1-2/h4-6H,1H2,2-3H3,(H,10,11);2*1-2H3. The van der Waals surface area contributed by atoms with Gasteiger partial charge in [-0.05, 0) is 19.1 Å². The van der Waals surface area contributed by atoms with E-state index in [-0.39, 0.29) is 0 Å². The first-order valence-electron chi connectivity index (χ1n) is 5.55. The molecule has 0 atom stereocenters. The van der Waals surface area contributed by atoms with Crippen LogP contribution in [0.4, 0.5) is 5.82 Å². The Morgan fingerprint density at radius 2 is 1.73 bits per heavy atom. The van der Waals surface area contributed by atoms with Crippen molar-refractivity contribution in [3.8, 4) is 0 Å². The summed E-state index contributed by atoms with van der Waals surface area (Å²) < 4.78 is 0. The van der Waals surface area contributed by atoms with E-state index in [1.54, 1.807) is 6.08 Å². The van der Waals surface area contributed by atoms with Crippen LogP contribution in [0, 0.1) is 6.92 Å². The first kappa shape index (κ1) is 16.1. The van der Waals surface area contributed by atoms with Gasteiger partial charge in [0.2, 0.25) is 0 Å². The number of nitrogens with zero attached hydrogens (tertiary/aromatic N) is 1. The van der Waals surface area contributed by atoms with E-state index in [1.807, 2.05) is 53.8 Å². The van der Waals surface area contributed by atoms with Gasteiger partial charge in [-0.15, -0.1) is 0 Å². The number of pyridine rings is 1. The molecule has 0 saturated carbocycles. The summed E-state index contributed by atoms with van der Waals surface area (Å²) in [6.07, 6.45) is 1.79. The van der Waals surface area contributed by atoms with Crippen molar-refractivity contribution in [1.82, 2.24) is 4.98 Å². The molecule has 2 heteroatoms. The first-order valence-corrected chi connectivity index (χ1v) is 5.55. The number of hydrogen-bond donors (Lipinski definition) is 1. The highest BCUT2D eigenvalue weighted by atomic mass is 15.0. The fourth-order valence-corrected chi connectivity index (χ4v) is 0.932. The molecule has 0 fully saturated rings. The lowest BCUT2D eigenvalue weighted by Gasteiger charge is -2.03. The Morgan fingerprint density at radius 3 is 2.13 bits per heavy atom. The Kier molecular flexibility index (Phi) is 11.6. The molecule has 0 aromatic carbocycles. The Hall–Kier alpha value is -1.31. The predicted molar refractivity (Wildman–Crippen MR) is 71.3 cm³/mol. The van der Waals surface area contributed by atoms with Gasteiger partial charge in [0.05, 0.1) is 0 Å². The molecule has 2 nitrogen and oxygen atoms in total. The molecule has 1 aromatic heterocycles. The van der Waals surface area contributed by atoms with E-state index in [0.29, 0.717) is 0 Å². The number of aromatic nitrogens is 1. The first-order chi connectivity index (χ1) is 7.27. The highest BCUT2D eigenvalue weighted by Gasteiger charge is 1.96. The zero-order valence-corrected chi connectivity index (χ0v) is 10.9. The Bertz CT molecular complexity index is 267. The molecule has 86 valence electrons. The molecule has 0 aliphatic carbocycles. The summed E-state index contributed by atoms with van der Waals surface area (Å²) >= 11 is 0. The lowest BCUT2D eigenvalue weighted by Crippen LogP contribution is -1.96. The van der Waals surface area contributed by atoms with E-state index in [1.165, 1.54) is 0 Å². The van der Waals surface area contributed by atoms with Crippen LogP contribution in [0.15, 0.2) is 18.7 Å². The summed E-state index contributed by atoms with van der Waals surface area (Å²) in [7, 11) is 1.86. The molecule has 1 aromatic rings. The zero-order valence-electron chi connectivity index (χ0n) is 10.9. The molecule has 0 aliphatic heterocycles. The Morgan fingerprint density at radius 1 is 1.20 bits per heavy atom. The predicted octanol–water partition coefficient (Wildman–Crippen LogP) is 4.13. The smallest absolute Gasteiger partial charge is 0.133 e. The maximum absolute atomic E-state index is 4.28. The van der Waals surface area contributed by atoms with E-state index in [2.05, 4.69) is 16.9 Å². The molecule has 0 saturated heterocycles. The molecule has 15 heavy (non-hydrogen) atoms. The monoisotopic (exact) mass is 208 g/mol. The maximum atomic E-state index is 4.28. The average molecular weight is 208 g/mol. The van der Waals surface area contributed by atoms with Crippen molar-refractivity contribution in [3.05, 3.63) is 30.0 Å². The zero-order chi connectivity index (χ0) is 12.3. The topological polar surface area (TPSA) is 24.9 Å². The largest absolute Gasteiger partial charge is 0.373 e. The lowest BCUT2D eigenvalue weighted by molar-refractivity contribution is 1.18. The van der Waals surface area contributed by atoms with Crippen molar-refractivity contribution in [2.45, 2.75) is 34.6 Å². The minimum Gasteiger partial charge on any atom is -0.373 e. The Balaban J connectivity index is 0. The number of nitrogens with one attached hydrogen (secondary N) is 1. The highest BCUT2D eigenvalue weighted by Crippen LogP contribution is 2.12. The van der Waals surface area contributed by atoms with Crippen LogP contribution < -0.4 is 5.32 Å². The molecule has 0 aliphatic rings. The number of aryl methyl sites for hydroxylation is 1. The fraction of sp³-hybridized carbons (Fsp3) is 0.462. The number of anilines is 1. The van der Waals surface area contributed by atoms with E-state index >= 15 is 0 Å². The molecule has 1 rings (SSSR count). The van der Waals surface area contributed by atoms with Gasteiger partial charge >= 0.3 is 0 Å². The van der Waals surface area contributed by atoms with Gasteiger partial charge in [-0.3, -0.25) is 0 Å². The van der Waals surface area contributed by atoms with Crippen LogP contribution in [-0.4, -0.2) is 12.0 Å². The highest BCUT2D eigenvalue weighted by molar-refractivity contribution is 5.61. The van der Waals surface area contributed by atoms with Crippen molar-refractivity contribution >= 4 is 11.9 Å². The molecule has 0 spiro atoms. The molecule has 1 N–H and O–H groups in total. The van der Waals surface area contributed by atoms with Crippen LogP contribution in [0.3, 0.4) is 0 Å². The molecule has 1 heterocycles. The molecular weight excluding hydrogens is 184 g/mol. The fourth-order valence-electron chi connectivity index (χ4n) is 0.932. The summed E-state index contributed by atoms with van der Waals surface area (Å²) in [4.78, 5) is 4.28. The Labute approximate surface area is 94.4 Å². The van der Waals surface area contributed by atoms with Crippen LogP contribution in [0.1, 0.15) is 39.0 Å². The van der Waals surface area contributed by atoms with Gasteiger partial charge in [-0.25, -0.2) is 4.98 Å². The second-order valence-corrected chi connectivity index (χ2v) is 2.34. The van der Waals surface area contributed by atoms with Gasteiger partial charge in [-0.1, -0.05) is 40.3 Å². The molecular formula is C13H24N2. The van der Waals surface area contributed by atoms with E-state index < -0.39 is 0 Å². The molecule has 0 bridgehead atoms. The van der Waals surface area contributed by atoms with Crippen molar-refractivity contribution in [2.75, 3.05) is 12.4 Å². The second-order valence-electron chi connectivity index (χ2n) is 2.34. The normalized spacial score (nSPS) is 7.60. The second kappa shape index (κ2) is 10.8. The van der Waals surface area contributed by atoms with Crippen LogP contribution >= 0.6 is 0 Å². The summed E-state index contributed by atoms with van der Waals surface area (Å²) in [6.45, 7) is 13.7. The van der Waals surface area contributed by atoms with Gasteiger partial charge < -0.3 is 5.32 Å².